The fraction of sp³-hybridized carbons (Fsp3) is 0.867. The molecule has 3 heteroatoms. The second-order valence-electron chi connectivity index (χ2n) is 5.73. The summed E-state index contributed by atoms with van der Waals surface area (Å²) in [5.41, 5.74) is 1.17. The normalized spacial score (nSPS) is 26.1. The fourth-order valence-corrected chi connectivity index (χ4v) is 3.46. The van der Waals surface area contributed by atoms with Gasteiger partial charge in [-0.2, -0.15) is 0 Å². The quantitative estimate of drug-likeness (QED) is 0.763. The van der Waals surface area contributed by atoms with Crippen LogP contribution in [0.4, 0.5) is 0 Å². The lowest BCUT2D eigenvalue weighted by Crippen LogP contribution is -2.58. The van der Waals surface area contributed by atoms with E-state index in [-0.39, 0.29) is 11.6 Å². The van der Waals surface area contributed by atoms with Gasteiger partial charge in [0.2, 0.25) is 0 Å². The standard InChI is InChI=1S/C15H27NO2/c1-3-13(2)12-14(17)15(6-4-5-7-15)16-8-10-18-11-9-16/h14,17H,2-12H2,1H3. The van der Waals surface area contributed by atoms with E-state index in [0.29, 0.717) is 0 Å². The average molecular weight is 253 g/mol. The molecule has 18 heavy (non-hydrogen) atoms. The highest BCUT2D eigenvalue weighted by Gasteiger charge is 2.45. The summed E-state index contributed by atoms with van der Waals surface area (Å²) in [6.45, 7) is 9.73. The smallest absolute Gasteiger partial charge is 0.0760 e. The van der Waals surface area contributed by atoms with E-state index >= 15 is 0 Å². The van der Waals surface area contributed by atoms with Gasteiger partial charge in [0.25, 0.3) is 0 Å². The van der Waals surface area contributed by atoms with Gasteiger partial charge < -0.3 is 9.84 Å². The van der Waals surface area contributed by atoms with Gasteiger partial charge in [0.05, 0.1) is 19.3 Å². The predicted molar refractivity (Wildman–Crippen MR) is 73.6 cm³/mol. The molecular formula is C15H27NO2. The zero-order valence-electron chi connectivity index (χ0n) is 11.7. The van der Waals surface area contributed by atoms with Crippen molar-refractivity contribution in [1.29, 1.82) is 0 Å². The molecule has 1 atom stereocenters. The van der Waals surface area contributed by atoms with E-state index in [1.165, 1.54) is 18.4 Å². The van der Waals surface area contributed by atoms with Crippen LogP contribution in [-0.2, 0) is 4.74 Å². The highest BCUT2D eigenvalue weighted by molar-refractivity contribution is 5.06. The van der Waals surface area contributed by atoms with Crippen molar-refractivity contribution in [3.63, 3.8) is 0 Å². The predicted octanol–water partition coefficient (Wildman–Crippen LogP) is 2.35. The molecule has 2 aliphatic rings. The van der Waals surface area contributed by atoms with Crippen LogP contribution in [0.25, 0.3) is 0 Å². The zero-order valence-corrected chi connectivity index (χ0v) is 11.7. The second kappa shape index (κ2) is 6.18. The molecule has 1 saturated carbocycles. The Balaban J connectivity index is 2.07. The van der Waals surface area contributed by atoms with Crippen LogP contribution in [0.1, 0.15) is 45.4 Å². The summed E-state index contributed by atoms with van der Waals surface area (Å²) in [7, 11) is 0. The van der Waals surface area contributed by atoms with Crippen molar-refractivity contribution in [2.24, 2.45) is 0 Å². The van der Waals surface area contributed by atoms with Gasteiger partial charge in [0.15, 0.2) is 0 Å². The first-order valence-electron chi connectivity index (χ1n) is 7.36. The van der Waals surface area contributed by atoms with Gasteiger partial charge in [-0.05, 0) is 25.7 Å². The first kappa shape index (κ1) is 14.0. The summed E-state index contributed by atoms with van der Waals surface area (Å²) >= 11 is 0. The lowest BCUT2D eigenvalue weighted by molar-refractivity contribution is -0.0754. The first-order valence-corrected chi connectivity index (χ1v) is 7.36. The van der Waals surface area contributed by atoms with Gasteiger partial charge in [-0.1, -0.05) is 31.9 Å². The molecule has 0 aromatic heterocycles. The van der Waals surface area contributed by atoms with E-state index < -0.39 is 0 Å². The topological polar surface area (TPSA) is 32.7 Å². The van der Waals surface area contributed by atoms with Crippen LogP contribution in [0.5, 0.6) is 0 Å². The number of aliphatic hydroxyl groups excluding tert-OH is 1. The van der Waals surface area contributed by atoms with E-state index in [1.54, 1.807) is 0 Å². The number of nitrogens with zero attached hydrogens (tertiary/aromatic N) is 1. The van der Waals surface area contributed by atoms with Crippen molar-refractivity contribution in [3.05, 3.63) is 12.2 Å². The molecule has 0 bridgehead atoms. The molecule has 1 aliphatic heterocycles. The highest BCUT2D eigenvalue weighted by Crippen LogP contribution is 2.40. The number of rotatable bonds is 5. The minimum Gasteiger partial charge on any atom is -0.391 e. The Kier molecular flexibility index (Phi) is 4.82. The maximum Gasteiger partial charge on any atom is 0.0760 e. The zero-order chi connectivity index (χ0) is 13.0. The number of aliphatic hydroxyl groups is 1. The minimum atomic E-state index is -0.259. The molecule has 1 saturated heterocycles. The van der Waals surface area contributed by atoms with Gasteiger partial charge in [0, 0.05) is 18.6 Å². The monoisotopic (exact) mass is 253 g/mol. The number of hydrogen-bond acceptors (Lipinski definition) is 3. The van der Waals surface area contributed by atoms with Gasteiger partial charge in [-0.25, -0.2) is 0 Å². The molecule has 0 radical (unpaired) electrons. The first-order chi connectivity index (χ1) is 8.69. The maximum absolute atomic E-state index is 10.7. The minimum absolute atomic E-state index is 0.00188. The van der Waals surface area contributed by atoms with Crippen molar-refractivity contribution >= 4 is 0 Å². The summed E-state index contributed by atoms with van der Waals surface area (Å²) in [5, 5.41) is 10.7. The lowest BCUT2D eigenvalue weighted by Gasteiger charge is -2.46. The molecule has 0 aromatic rings. The van der Waals surface area contributed by atoms with E-state index in [0.717, 1.165) is 52.0 Å². The third-order valence-corrected chi connectivity index (χ3v) is 4.71. The molecule has 1 N–H and O–H groups in total. The van der Waals surface area contributed by atoms with E-state index in [4.69, 9.17) is 4.74 Å². The second-order valence-corrected chi connectivity index (χ2v) is 5.73. The summed E-state index contributed by atoms with van der Waals surface area (Å²) in [4.78, 5) is 2.48. The van der Waals surface area contributed by atoms with Crippen molar-refractivity contribution in [2.45, 2.75) is 57.1 Å². The van der Waals surface area contributed by atoms with Crippen molar-refractivity contribution < 1.29 is 9.84 Å². The molecule has 0 spiro atoms. The fourth-order valence-electron chi connectivity index (χ4n) is 3.46. The Morgan fingerprint density at radius 3 is 2.50 bits per heavy atom. The Bertz CT molecular complexity index is 278. The van der Waals surface area contributed by atoms with Crippen LogP contribution in [0, 0.1) is 0 Å². The molecule has 1 unspecified atom stereocenters. The van der Waals surface area contributed by atoms with Crippen LogP contribution in [0.15, 0.2) is 12.2 Å². The number of ether oxygens (including phenoxy) is 1. The van der Waals surface area contributed by atoms with E-state index in [2.05, 4.69) is 18.4 Å². The number of morpholine rings is 1. The Hall–Kier alpha value is -0.380. The summed E-state index contributed by atoms with van der Waals surface area (Å²) in [6.07, 6.45) is 6.21. The van der Waals surface area contributed by atoms with Gasteiger partial charge in [-0.3, -0.25) is 4.90 Å². The average Bonchev–Trinajstić information content (AvgIpc) is 2.90. The van der Waals surface area contributed by atoms with E-state index in [9.17, 15) is 5.11 Å². The Labute approximate surface area is 111 Å². The summed E-state index contributed by atoms with van der Waals surface area (Å²) < 4.78 is 5.45. The van der Waals surface area contributed by atoms with Crippen LogP contribution in [-0.4, -0.2) is 48.0 Å². The van der Waals surface area contributed by atoms with Crippen molar-refractivity contribution in [2.75, 3.05) is 26.3 Å². The van der Waals surface area contributed by atoms with Crippen LogP contribution < -0.4 is 0 Å². The van der Waals surface area contributed by atoms with Crippen molar-refractivity contribution in [3.8, 4) is 0 Å². The molecular weight excluding hydrogens is 226 g/mol. The molecule has 1 aliphatic carbocycles. The SMILES string of the molecule is C=C(CC)CC(O)C1(N2CCOCC2)CCCC1. The largest absolute Gasteiger partial charge is 0.391 e. The highest BCUT2D eigenvalue weighted by atomic mass is 16.5. The van der Waals surface area contributed by atoms with E-state index in [1.807, 2.05) is 0 Å². The summed E-state index contributed by atoms with van der Waals surface area (Å²) in [5.74, 6) is 0. The van der Waals surface area contributed by atoms with Gasteiger partial charge >= 0.3 is 0 Å². The van der Waals surface area contributed by atoms with Crippen molar-refractivity contribution in [1.82, 2.24) is 4.90 Å². The molecule has 0 amide bonds. The molecule has 2 rings (SSSR count). The third-order valence-electron chi connectivity index (χ3n) is 4.71. The molecule has 1 heterocycles. The van der Waals surface area contributed by atoms with Crippen LogP contribution in [0.2, 0.25) is 0 Å². The van der Waals surface area contributed by atoms with Gasteiger partial charge in [-0.15, -0.1) is 0 Å². The third kappa shape index (κ3) is 2.79. The van der Waals surface area contributed by atoms with Crippen LogP contribution >= 0.6 is 0 Å². The Morgan fingerprint density at radius 1 is 1.33 bits per heavy atom. The van der Waals surface area contributed by atoms with Gasteiger partial charge in [0.1, 0.15) is 0 Å². The number of hydrogen-bond donors (Lipinski definition) is 1. The molecule has 104 valence electrons. The maximum atomic E-state index is 10.7. The molecule has 2 fully saturated rings. The van der Waals surface area contributed by atoms with Crippen LogP contribution in [0.3, 0.4) is 0 Å². The molecule has 3 nitrogen and oxygen atoms in total. The molecule has 0 aromatic carbocycles. The lowest BCUT2D eigenvalue weighted by atomic mass is 9.84. The summed E-state index contributed by atoms with van der Waals surface area (Å²) in [6, 6.07) is 0. The Morgan fingerprint density at radius 2 is 1.94 bits per heavy atom.